The largest absolute Gasteiger partial charge is 0.493 e. The van der Waals surface area contributed by atoms with E-state index in [0.29, 0.717) is 28.8 Å². The number of methoxy groups -OCH3 is 1. The number of nitrogens with one attached hydrogen (secondary N) is 1. The van der Waals surface area contributed by atoms with Crippen LogP contribution < -0.4 is 20.5 Å². The molecule has 0 saturated carbocycles. The van der Waals surface area contributed by atoms with Crippen LogP contribution in [-0.4, -0.2) is 13.7 Å². The van der Waals surface area contributed by atoms with Gasteiger partial charge >= 0.3 is 0 Å². The van der Waals surface area contributed by atoms with E-state index in [0.717, 1.165) is 12.1 Å². The summed E-state index contributed by atoms with van der Waals surface area (Å²) in [5.74, 6) is 1.07. The van der Waals surface area contributed by atoms with Gasteiger partial charge < -0.3 is 20.5 Å². The van der Waals surface area contributed by atoms with Crippen LogP contribution in [0.5, 0.6) is 11.5 Å². The molecule has 0 aliphatic carbocycles. The molecule has 22 heavy (non-hydrogen) atoms. The van der Waals surface area contributed by atoms with Crippen molar-refractivity contribution in [2.45, 2.75) is 13.1 Å². The maximum absolute atomic E-state index is 6.27. The average molecular weight is 339 g/mol. The van der Waals surface area contributed by atoms with Crippen molar-refractivity contribution in [3.05, 3.63) is 57.4 Å². The van der Waals surface area contributed by atoms with Gasteiger partial charge in [0, 0.05) is 23.7 Å². The molecule has 0 bridgehead atoms. The number of halogens is 1. The quantitative estimate of drug-likeness (QED) is 0.772. The van der Waals surface area contributed by atoms with Crippen LogP contribution in [0.15, 0.2) is 41.9 Å². The minimum Gasteiger partial charge on any atom is -0.493 e. The standard InChI is InChI=1S/C16H19ClN2O2S/c1-11(18)10-21-16-14(17)6-12(7-15(16)20-2)8-19-9-13-4-3-5-22-13/h3-7,19H,1,8-10,18H2,2H3. The molecular weight excluding hydrogens is 320 g/mol. The van der Waals surface area contributed by atoms with E-state index in [1.807, 2.05) is 18.2 Å². The maximum atomic E-state index is 6.27. The second-order valence-electron chi connectivity index (χ2n) is 4.74. The molecule has 0 saturated heterocycles. The van der Waals surface area contributed by atoms with Gasteiger partial charge in [-0.15, -0.1) is 11.3 Å². The zero-order valence-electron chi connectivity index (χ0n) is 12.4. The number of rotatable bonds is 8. The van der Waals surface area contributed by atoms with E-state index in [2.05, 4.69) is 23.3 Å². The number of nitrogens with two attached hydrogens (primary N) is 1. The molecule has 2 rings (SSSR count). The van der Waals surface area contributed by atoms with Gasteiger partial charge in [-0.3, -0.25) is 0 Å². The van der Waals surface area contributed by atoms with Crippen LogP contribution in [0.3, 0.4) is 0 Å². The lowest BCUT2D eigenvalue weighted by Gasteiger charge is -2.14. The normalized spacial score (nSPS) is 10.5. The predicted molar refractivity (Wildman–Crippen MR) is 91.7 cm³/mol. The first-order valence-corrected chi connectivity index (χ1v) is 8.01. The molecule has 3 N–H and O–H groups in total. The SMILES string of the molecule is C=C(N)COc1c(Cl)cc(CNCc2cccs2)cc1OC. The van der Waals surface area contributed by atoms with Crippen LogP contribution in [0.4, 0.5) is 0 Å². The van der Waals surface area contributed by atoms with Gasteiger partial charge in [0.05, 0.1) is 12.1 Å². The van der Waals surface area contributed by atoms with Gasteiger partial charge in [-0.1, -0.05) is 24.2 Å². The predicted octanol–water partition coefficient (Wildman–Crippen LogP) is 3.55. The molecule has 1 aromatic carbocycles. The topological polar surface area (TPSA) is 56.5 Å². The van der Waals surface area contributed by atoms with Gasteiger partial charge in [0.2, 0.25) is 0 Å². The van der Waals surface area contributed by atoms with Crippen molar-refractivity contribution in [1.29, 1.82) is 0 Å². The Balaban J connectivity index is 2.03. The minimum absolute atomic E-state index is 0.200. The molecule has 4 nitrogen and oxygen atoms in total. The molecule has 1 aromatic heterocycles. The summed E-state index contributed by atoms with van der Waals surface area (Å²) in [6, 6.07) is 7.91. The maximum Gasteiger partial charge on any atom is 0.180 e. The third kappa shape index (κ3) is 4.66. The lowest BCUT2D eigenvalue weighted by atomic mass is 10.2. The second-order valence-corrected chi connectivity index (χ2v) is 6.18. The van der Waals surface area contributed by atoms with E-state index in [1.165, 1.54) is 4.88 Å². The molecule has 0 atom stereocenters. The van der Waals surface area contributed by atoms with Crippen molar-refractivity contribution in [2.24, 2.45) is 5.73 Å². The first-order valence-electron chi connectivity index (χ1n) is 6.75. The van der Waals surface area contributed by atoms with Crippen molar-refractivity contribution < 1.29 is 9.47 Å². The van der Waals surface area contributed by atoms with Crippen molar-refractivity contribution in [2.75, 3.05) is 13.7 Å². The Morgan fingerprint density at radius 3 is 2.86 bits per heavy atom. The van der Waals surface area contributed by atoms with Crippen LogP contribution in [0.2, 0.25) is 5.02 Å². The molecule has 0 spiro atoms. The van der Waals surface area contributed by atoms with Gasteiger partial charge in [0.1, 0.15) is 6.61 Å². The Labute approximate surface area is 139 Å². The fraction of sp³-hybridized carbons (Fsp3) is 0.250. The third-order valence-electron chi connectivity index (χ3n) is 2.90. The monoisotopic (exact) mass is 338 g/mol. The molecule has 0 amide bonds. The Morgan fingerprint density at radius 1 is 1.41 bits per heavy atom. The fourth-order valence-electron chi connectivity index (χ4n) is 1.92. The van der Waals surface area contributed by atoms with Gasteiger partial charge in [-0.2, -0.15) is 0 Å². The lowest BCUT2D eigenvalue weighted by Crippen LogP contribution is -2.12. The molecule has 0 fully saturated rings. The molecule has 0 aliphatic heterocycles. The second kappa shape index (κ2) is 8.08. The van der Waals surface area contributed by atoms with Crippen molar-refractivity contribution in [3.8, 4) is 11.5 Å². The summed E-state index contributed by atoms with van der Waals surface area (Å²) in [6.07, 6.45) is 0. The lowest BCUT2D eigenvalue weighted by molar-refractivity contribution is 0.318. The number of ether oxygens (including phenoxy) is 2. The highest BCUT2D eigenvalue weighted by Gasteiger charge is 2.12. The Morgan fingerprint density at radius 2 is 2.23 bits per heavy atom. The van der Waals surface area contributed by atoms with Gasteiger partial charge in [0.25, 0.3) is 0 Å². The highest BCUT2D eigenvalue weighted by Crippen LogP contribution is 2.36. The van der Waals surface area contributed by atoms with E-state index in [1.54, 1.807) is 18.4 Å². The Hall–Kier alpha value is -1.69. The van der Waals surface area contributed by atoms with Crippen molar-refractivity contribution >= 4 is 22.9 Å². The third-order valence-corrected chi connectivity index (χ3v) is 4.06. The van der Waals surface area contributed by atoms with Crippen LogP contribution in [0.25, 0.3) is 0 Å². The number of hydrogen-bond acceptors (Lipinski definition) is 5. The number of hydrogen-bond donors (Lipinski definition) is 2. The minimum atomic E-state index is 0.200. The van der Waals surface area contributed by atoms with Crippen LogP contribution in [0, 0.1) is 0 Å². The molecule has 0 aliphatic rings. The van der Waals surface area contributed by atoms with Gasteiger partial charge in [0.15, 0.2) is 11.5 Å². The smallest absolute Gasteiger partial charge is 0.180 e. The Bertz CT molecular complexity index is 629. The summed E-state index contributed by atoms with van der Waals surface area (Å²) in [5.41, 5.74) is 6.97. The summed E-state index contributed by atoms with van der Waals surface area (Å²) >= 11 is 8.00. The summed E-state index contributed by atoms with van der Waals surface area (Å²) < 4.78 is 10.9. The summed E-state index contributed by atoms with van der Waals surface area (Å²) in [7, 11) is 1.58. The van der Waals surface area contributed by atoms with E-state index in [-0.39, 0.29) is 6.61 Å². The van der Waals surface area contributed by atoms with Crippen LogP contribution in [0.1, 0.15) is 10.4 Å². The van der Waals surface area contributed by atoms with E-state index in [4.69, 9.17) is 26.8 Å². The van der Waals surface area contributed by atoms with Crippen LogP contribution in [-0.2, 0) is 13.1 Å². The molecule has 2 aromatic rings. The average Bonchev–Trinajstić information content (AvgIpc) is 2.98. The zero-order valence-corrected chi connectivity index (χ0v) is 14.0. The fourth-order valence-corrected chi connectivity index (χ4v) is 2.89. The highest BCUT2D eigenvalue weighted by molar-refractivity contribution is 7.09. The van der Waals surface area contributed by atoms with Gasteiger partial charge in [-0.25, -0.2) is 0 Å². The zero-order chi connectivity index (χ0) is 15.9. The van der Waals surface area contributed by atoms with E-state index in [9.17, 15) is 0 Å². The molecule has 0 radical (unpaired) electrons. The van der Waals surface area contributed by atoms with E-state index >= 15 is 0 Å². The Kier molecular flexibility index (Phi) is 6.12. The van der Waals surface area contributed by atoms with Crippen molar-refractivity contribution in [3.63, 3.8) is 0 Å². The highest BCUT2D eigenvalue weighted by atomic mass is 35.5. The van der Waals surface area contributed by atoms with Crippen LogP contribution >= 0.6 is 22.9 Å². The first kappa shape index (κ1) is 16.7. The summed E-state index contributed by atoms with van der Waals surface area (Å²) in [4.78, 5) is 1.29. The summed E-state index contributed by atoms with van der Waals surface area (Å²) in [5, 5.41) is 5.93. The first-order chi connectivity index (χ1) is 10.6. The molecule has 0 unspecified atom stereocenters. The molecule has 118 valence electrons. The number of thiophene rings is 1. The molecule has 6 heteroatoms. The van der Waals surface area contributed by atoms with Crippen molar-refractivity contribution in [1.82, 2.24) is 5.32 Å². The van der Waals surface area contributed by atoms with E-state index < -0.39 is 0 Å². The number of benzene rings is 1. The molecular formula is C16H19ClN2O2S. The summed E-state index contributed by atoms with van der Waals surface area (Å²) in [6.45, 7) is 5.31. The van der Waals surface area contributed by atoms with Gasteiger partial charge in [-0.05, 0) is 29.1 Å². The molecule has 1 heterocycles.